The highest BCUT2D eigenvalue weighted by Gasteiger charge is 2.02. The van der Waals surface area contributed by atoms with Crippen LogP contribution in [-0.2, 0) is 6.54 Å². The van der Waals surface area contributed by atoms with Crippen molar-refractivity contribution in [3.63, 3.8) is 0 Å². The van der Waals surface area contributed by atoms with Gasteiger partial charge >= 0.3 is 6.03 Å². The van der Waals surface area contributed by atoms with Gasteiger partial charge in [-0.05, 0) is 42.0 Å². The summed E-state index contributed by atoms with van der Waals surface area (Å²) in [5.74, 6) is 0. The molecule has 0 atom stereocenters. The highest BCUT2D eigenvalue weighted by atomic mass is 79.9. The van der Waals surface area contributed by atoms with Gasteiger partial charge < -0.3 is 16.0 Å². The van der Waals surface area contributed by atoms with E-state index in [1.165, 1.54) is 0 Å². The molecule has 0 saturated carbocycles. The van der Waals surface area contributed by atoms with Gasteiger partial charge in [0.05, 0.1) is 0 Å². The Kier molecular flexibility index (Phi) is 5.47. The molecule has 6 heteroatoms. The first-order valence-electron chi connectivity index (χ1n) is 6.35. The summed E-state index contributed by atoms with van der Waals surface area (Å²) in [6.45, 7) is 0.633. The van der Waals surface area contributed by atoms with Gasteiger partial charge in [0.2, 0.25) is 0 Å². The van der Waals surface area contributed by atoms with Crippen molar-refractivity contribution < 1.29 is 4.79 Å². The quantitative estimate of drug-likeness (QED) is 0.746. The van der Waals surface area contributed by atoms with Crippen molar-refractivity contribution in [2.45, 2.75) is 6.54 Å². The molecular formula is C15H15BrClN3O. The molecule has 2 aromatic carbocycles. The first-order valence-corrected chi connectivity index (χ1v) is 7.52. The SMILES string of the molecule is CNC(=O)Nc1ccc(NCc2ccc(Br)cc2Cl)cc1. The number of anilines is 2. The minimum absolute atomic E-state index is 0.239. The lowest BCUT2D eigenvalue weighted by atomic mass is 10.2. The molecule has 0 fully saturated rings. The van der Waals surface area contributed by atoms with Crippen LogP contribution in [0.25, 0.3) is 0 Å². The van der Waals surface area contributed by atoms with Gasteiger partial charge in [-0.3, -0.25) is 0 Å². The molecule has 0 radical (unpaired) electrons. The summed E-state index contributed by atoms with van der Waals surface area (Å²) < 4.78 is 0.959. The van der Waals surface area contributed by atoms with Gasteiger partial charge in [0.15, 0.2) is 0 Å². The van der Waals surface area contributed by atoms with Crippen molar-refractivity contribution in [3.8, 4) is 0 Å². The second-order valence-electron chi connectivity index (χ2n) is 4.37. The van der Waals surface area contributed by atoms with Crippen LogP contribution in [-0.4, -0.2) is 13.1 Å². The van der Waals surface area contributed by atoms with Gasteiger partial charge in [0, 0.05) is 34.5 Å². The van der Waals surface area contributed by atoms with E-state index < -0.39 is 0 Å². The topological polar surface area (TPSA) is 53.2 Å². The fourth-order valence-corrected chi connectivity index (χ4v) is 2.47. The van der Waals surface area contributed by atoms with Gasteiger partial charge in [-0.1, -0.05) is 33.6 Å². The lowest BCUT2D eigenvalue weighted by Crippen LogP contribution is -2.24. The summed E-state index contributed by atoms with van der Waals surface area (Å²) in [6, 6.07) is 13.0. The van der Waals surface area contributed by atoms with Crippen LogP contribution >= 0.6 is 27.5 Å². The Hall–Kier alpha value is -1.72. The summed E-state index contributed by atoms with van der Waals surface area (Å²) in [6.07, 6.45) is 0. The molecular weight excluding hydrogens is 354 g/mol. The third-order valence-corrected chi connectivity index (χ3v) is 3.71. The normalized spacial score (nSPS) is 10.0. The number of hydrogen-bond acceptors (Lipinski definition) is 2. The molecule has 0 saturated heterocycles. The maximum atomic E-state index is 11.2. The summed E-state index contributed by atoms with van der Waals surface area (Å²) in [7, 11) is 1.58. The lowest BCUT2D eigenvalue weighted by molar-refractivity contribution is 0.254. The first-order chi connectivity index (χ1) is 10.1. The zero-order chi connectivity index (χ0) is 15.2. The van der Waals surface area contributed by atoms with E-state index >= 15 is 0 Å². The van der Waals surface area contributed by atoms with Crippen molar-refractivity contribution >= 4 is 44.9 Å². The van der Waals surface area contributed by atoms with E-state index in [0.717, 1.165) is 26.4 Å². The number of hydrogen-bond donors (Lipinski definition) is 3. The number of carbonyl (C=O) groups excluding carboxylic acids is 1. The van der Waals surface area contributed by atoms with Crippen molar-refractivity contribution in [2.75, 3.05) is 17.7 Å². The number of rotatable bonds is 4. The summed E-state index contributed by atoms with van der Waals surface area (Å²) in [5, 5.41) is 9.21. The van der Waals surface area contributed by atoms with Crippen LogP contribution in [0.4, 0.5) is 16.2 Å². The fraction of sp³-hybridized carbons (Fsp3) is 0.133. The van der Waals surface area contributed by atoms with Gasteiger partial charge in [0.1, 0.15) is 0 Å². The predicted octanol–water partition coefficient (Wildman–Crippen LogP) is 4.47. The molecule has 110 valence electrons. The van der Waals surface area contributed by atoms with E-state index in [1.807, 2.05) is 42.5 Å². The van der Waals surface area contributed by atoms with Crippen LogP contribution in [0.1, 0.15) is 5.56 Å². The van der Waals surface area contributed by atoms with E-state index in [1.54, 1.807) is 7.05 Å². The molecule has 0 aliphatic heterocycles. The van der Waals surface area contributed by atoms with Crippen molar-refractivity contribution in [1.29, 1.82) is 0 Å². The largest absolute Gasteiger partial charge is 0.381 e. The second kappa shape index (κ2) is 7.33. The third kappa shape index (κ3) is 4.65. The van der Waals surface area contributed by atoms with Crippen LogP contribution in [0.5, 0.6) is 0 Å². The molecule has 3 N–H and O–H groups in total. The van der Waals surface area contributed by atoms with E-state index in [-0.39, 0.29) is 6.03 Å². The van der Waals surface area contributed by atoms with Crippen LogP contribution in [0.15, 0.2) is 46.9 Å². The lowest BCUT2D eigenvalue weighted by Gasteiger charge is -2.10. The Balaban J connectivity index is 1.96. The molecule has 4 nitrogen and oxygen atoms in total. The van der Waals surface area contributed by atoms with E-state index in [2.05, 4.69) is 31.9 Å². The van der Waals surface area contributed by atoms with Gasteiger partial charge in [-0.15, -0.1) is 0 Å². The molecule has 0 spiro atoms. The fourth-order valence-electron chi connectivity index (χ4n) is 1.73. The number of amides is 2. The Labute approximate surface area is 137 Å². The van der Waals surface area contributed by atoms with Crippen molar-refractivity contribution in [3.05, 3.63) is 57.5 Å². The molecule has 2 rings (SSSR count). The standard InChI is InChI=1S/C15H15BrClN3O/c1-18-15(21)20-13-6-4-12(5-7-13)19-9-10-2-3-11(16)8-14(10)17/h2-8,19H,9H2,1H3,(H2,18,20,21). The number of carbonyl (C=O) groups is 1. The minimum atomic E-state index is -0.239. The van der Waals surface area contributed by atoms with Gasteiger partial charge in [0.25, 0.3) is 0 Å². The summed E-state index contributed by atoms with van der Waals surface area (Å²) in [4.78, 5) is 11.2. The highest BCUT2D eigenvalue weighted by Crippen LogP contribution is 2.22. The van der Waals surface area contributed by atoms with Crippen LogP contribution in [0.3, 0.4) is 0 Å². The average molecular weight is 369 g/mol. The van der Waals surface area contributed by atoms with Crippen molar-refractivity contribution in [2.24, 2.45) is 0 Å². The smallest absolute Gasteiger partial charge is 0.318 e. The number of urea groups is 1. The summed E-state index contributed by atoms with van der Waals surface area (Å²) in [5.41, 5.74) is 2.71. The molecule has 2 aromatic rings. The Bertz CT molecular complexity index is 631. The molecule has 0 aliphatic carbocycles. The molecule has 0 unspecified atom stereocenters. The Morgan fingerprint density at radius 1 is 1.14 bits per heavy atom. The molecule has 2 amide bonds. The third-order valence-electron chi connectivity index (χ3n) is 2.87. The predicted molar refractivity (Wildman–Crippen MR) is 91.0 cm³/mol. The molecule has 0 bridgehead atoms. The number of halogens is 2. The van der Waals surface area contributed by atoms with Gasteiger partial charge in [-0.2, -0.15) is 0 Å². The highest BCUT2D eigenvalue weighted by molar-refractivity contribution is 9.10. The monoisotopic (exact) mass is 367 g/mol. The Morgan fingerprint density at radius 2 is 1.81 bits per heavy atom. The molecule has 0 aromatic heterocycles. The summed E-state index contributed by atoms with van der Waals surface area (Å²) >= 11 is 9.55. The first kappa shape index (κ1) is 15.7. The maximum Gasteiger partial charge on any atom is 0.318 e. The minimum Gasteiger partial charge on any atom is -0.381 e. The molecule has 0 heterocycles. The van der Waals surface area contributed by atoms with Crippen LogP contribution in [0, 0.1) is 0 Å². The maximum absolute atomic E-state index is 11.2. The number of benzene rings is 2. The Morgan fingerprint density at radius 3 is 2.43 bits per heavy atom. The van der Waals surface area contributed by atoms with Crippen molar-refractivity contribution in [1.82, 2.24) is 5.32 Å². The zero-order valence-corrected chi connectivity index (χ0v) is 13.8. The van der Waals surface area contributed by atoms with Crippen LogP contribution in [0.2, 0.25) is 5.02 Å². The molecule has 0 aliphatic rings. The second-order valence-corrected chi connectivity index (χ2v) is 5.69. The zero-order valence-electron chi connectivity index (χ0n) is 11.4. The van der Waals surface area contributed by atoms with Gasteiger partial charge in [-0.25, -0.2) is 4.79 Å². The van der Waals surface area contributed by atoms with E-state index in [9.17, 15) is 4.79 Å². The molecule has 21 heavy (non-hydrogen) atoms. The average Bonchev–Trinajstić information content (AvgIpc) is 2.48. The van der Waals surface area contributed by atoms with Crippen LogP contribution < -0.4 is 16.0 Å². The number of nitrogens with one attached hydrogen (secondary N) is 3. The van der Waals surface area contributed by atoms with E-state index in [4.69, 9.17) is 11.6 Å². The van der Waals surface area contributed by atoms with E-state index in [0.29, 0.717) is 6.54 Å².